The Hall–Kier alpha value is -4.01. The highest BCUT2D eigenvalue weighted by molar-refractivity contribution is 6.24. The second-order valence-electron chi connectivity index (χ2n) is 9.01. The van der Waals surface area contributed by atoms with E-state index < -0.39 is 41.5 Å². The van der Waals surface area contributed by atoms with Gasteiger partial charge in [-0.15, -0.1) is 0 Å². The molecule has 0 unspecified atom stereocenters. The number of methoxy groups -OCH3 is 1. The first-order chi connectivity index (χ1) is 16.1. The summed E-state index contributed by atoms with van der Waals surface area (Å²) in [6.45, 7) is 1.56. The number of nitrogens with zero attached hydrogens (tertiary/aromatic N) is 1. The number of phenolic OH excluding ortho intramolecular Hbond substituents is 1. The standard InChI is InChI=1S/C25H22N2O7/c1-10-7-17(29)21-16(22(10)30)9-15-12(19(21)13-4-3-11(28)8-18(13)34-2)5-6-14-20(15)24(32)27(23(14)31)25(26)33/h3-5,7-8,14-15,19-20,28H,6,9H2,1-2H3,(H2,26,33)/t14-,15+,19+,20-/m0/s1. The van der Waals surface area contributed by atoms with Crippen LogP contribution < -0.4 is 10.5 Å². The molecular formula is C25H22N2O7. The van der Waals surface area contributed by atoms with Crippen LogP contribution in [0.1, 0.15) is 31.2 Å². The highest BCUT2D eigenvalue weighted by Crippen LogP contribution is 2.56. The van der Waals surface area contributed by atoms with Crippen molar-refractivity contribution in [3.63, 3.8) is 0 Å². The maximum atomic E-state index is 13.2. The van der Waals surface area contributed by atoms with Gasteiger partial charge in [0.2, 0.25) is 11.8 Å². The Labute approximate surface area is 194 Å². The zero-order valence-corrected chi connectivity index (χ0v) is 18.5. The molecule has 4 amide bonds. The monoisotopic (exact) mass is 462 g/mol. The number of rotatable bonds is 2. The van der Waals surface area contributed by atoms with E-state index in [-0.39, 0.29) is 30.2 Å². The number of fused-ring (bicyclic) bond motifs is 3. The normalized spacial score (nSPS) is 28.2. The number of ketones is 2. The molecule has 0 radical (unpaired) electrons. The Morgan fingerprint density at radius 1 is 1.15 bits per heavy atom. The number of aromatic hydroxyl groups is 1. The summed E-state index contributed by atoms with van der Waals surface area (Å²) < 4.78 is 5.48. The van der Waals surface area contributed by atoms with Crippen molar-refractivity contribution in [2.24, 2.45) is 23.5 Å². The Kier molecular flexibility index (Phi) is 4.82. The molecule has 34 heavy (non-hydrogen) atoms. The summed E-state index contributed by atoms with van der Waals surface area (Å²) >= 11 is 0. The number of nitrogens with two attached hydrogens (primary N) is 1. The average Bonchev–Trinajstić information content (AvgIpc) is 3.06. The van der Waals surface area contributed by atoms with Gasteiger partial charge in [-0.1, -0.05) is 17.7 Å². The van der Waals surface area contributed by atoms with Crippen molar-refractivity contribution in [3.05, 3.63) is 58.2 Å². The maximum Gasteiger partial charge on any atom is 0.328 e. The molecule has 1 aliphatic heterocycles. The lowest BCUT2D eigenvalue weighted by Crippen LogP contribution is -2.42. The molecule has 1 fully saturated rings. The van der Waals surface area contributed by atoms with Crippen LogP contribution in [0.4, 0.5) is 4.79 Å². The number of carbonyl (C=O) groups excluding carboxylic acids is 5. The number of likely N-dealkylation sites (tertiary alicyclic amines) is 1. The van der Waals surface area contributed by atoms with Crippen molar-refractivity contribution in [3.8, 4) is 11.5 Å². The number of ether oxygens (including phenoxy) is 1. The first-order valence-electron chi connectivity index (χ1n) is 10.9. The molecule has 1 heterocycles. The van der Waals surface area contributed by atoms with E-state index in [2.05, 4.69) is 0 Å². The summed E-state index contributed by atoms with van der Waals surface area (Å²) in [6, 6.07) is 3.38. The summed E-state index contributed by atoms with van der Waals surface area (Å²) in [4.78, 5) is 64.6. The fraction of sp³-hybridized carbons (Fsp3) is 0.320. The summed E-state index contributed by atoms with van der Waals surface area (Å²) in [6.07, 6.45) is 3.43. The highest BCUT2D eigenvalue weighted by Gasteiger charge is 2.57. The Morgan fingerprint density at radius 2 is 1.88 bits per heavy atom. The maximum absolute atomic E-state index is 13.2. The van der Waals surface area contributed by atoms with Crippen molar-refractivity contribution in [2.75, 3.05) is 7.11 Å². The van der Waals surface area contributed by atoms with E-state index in [9.17, 15) is 29.1 Å². The van der Waals surface area contributed by atoms with Crippen molar-refractivity contribution in [1.82, 2.24) is 4.90 Å². The number of Topliss-reactive ketones (excluding diaryl/α,β-unsaturated/α-hetero) is 1. The third-order valence-electron chi connectivity index (χ3n) is 7.31. The van der Waals surface area contributed by atoms with Crippen LogP contribution in [0.2, 0.25) is 0 Å². The molecule has 0 aromatic heterocycles. The van der Waals surface area contributed by atoms with Gasteiger partial charge in [0, 0.05) is 34.3 Å². The summed E-state index contributed by atoms with van der Waals surface area (Å²) in [7, 11) is 1.43. The van der Waals surface area contributed by atoms with Gasteiger partial charge in [-0.25, -0.2) is 4.79 Å². The van der Waals surface area contributed by atoms with E-state index in [1.165, 1.54) is 25.3 Å². The van der Waals surface area contributed by atoms with E-state index in [1.54, 1.807) is 13.0 Å². The lowest BCUT2D eigenvalue weighted by Gasteiger charge is -2.42. The molecule has 3 aliphatic carbocycles. The molecule has 1 aromatic carbocycles. The van der Waals surface area contributed by atoms with Crippen molar-refractivity contribution in [1.29, 1.82) is 0 Å². The van der Waals surface area contributed by atoms with Crippen LogP contribution >= 0.6 is 0 Å². The molecular weight excluding hydrogens is 440 g/mol. The van der Waals surface area contributed by atoms with E-state index >= 15 is 0 Å². The van der Waals surface area contributed by atoms with E-state index in [1.807, 2.05) is 6.08 Å². The molecule has 0 spiro atoms. The number of amides is 4. The van der Waals surface area contributed by atoms with Gasteiger partial charge in [-0.3, -0.25) is 19.2 Å². The molecule has 1 saturated heterocycles. The van der Waals surface area contributed by atoms with E-state index in [4.69, 9.17) is 10.5 Å². The number of hydrogen-bond donors (Lipinski definition) is 2. The quantitative estimate of drug-likeness (QED) is 0.388. The molecule has 174 valence electrons. The van der Waals surface area contributed by atoms with Crippen LogP contribution in [-0.2, 0) is 19.2 Å². The van der Waals surface area contributed by atoms with Gasteiger partial charge in [0.05, 0.1) is 18.9 Å². The van der Waals surface area contributed by atoms with Crippen LogP contribution in [0.3, 0.4) is 0 Å². The molecule has 4 aliphatic rings. The SMILES string of the molecule is COc1cc(O)ccc1[C@H]1C2=CC[C@@H]3C(=O)N(C(N)=O)C(=O)[C@@H]3[C@@H]2CC2=C1C(=O)C=C(C)C2=O. The van der Waals surface area contributed by atoms with E-state index in [0.29, 0.717) is 38.5 Å². The molecule has 5 rings (SSSR count). The molecule has 3 N–H and O–H groups in total. The van der Waals surface area contributed by atoms with Gasteiger partial charge in [-0.2, -0.15) is 4.90 Å². The summed E-state index contributed by atoms with van der Waals surface area (Å²) in [5.41, 5.74) is 7.48. The number of benzene rings is 1. The van der Waals surface area contributed by atoms with Crippen LogP contribution in [0.25, 0.3) is 0 Å². The average molecular weight is 462 g/mol. The van der Waals surface area contributed by atoms with Gasteiger partial charge in [0.25, 0.3) is 0 Å². The Morgan fingerprint density at radius 3 is 2.56 bits per heavy atom. The van der Waals surface area contributed by atoms with Crippen LogP contribution in [0.15, 0.2) is 52.6 Å². The van der Waals surface area contributed by atoms with Crippen LogP contribution in [-0.4, -0.2) is 46.5 Å². The van der Waals surface area contributed by atoms with Crippen LogP contribution in [0, 0.1) is 17.8 Å². The third kappa shape index (κ3) is 2.89. The van der Waals surface area contributed by atoms with Gasteiger partial charge in [-0.05, 0) is 37.8 Å². The summed E-state index contributed by atoms with van der Waals surface area (Å²) in [5, 5.41) is 9.96. The van der Waals surface area contributed by atoms with Gasteiger partial charge >= 0.3 is 6.03 Å². The second kappa shape index (κ2) is 7.51. The van der Waals surface area contributed by atoms with Gasteiger partial charge < -0.3 is 15.6 Å². The van der Waals surface area contributed by atoms with Gasteiger partial charge in [0.1, 0.15) is 11.5 Å². The zero-order valence-electron chi connectivity index (χ0n) is 18.5. The molecule has 1 aromatic rings. The van der Waals surface area contributed by atoms with Crippen molar-refractivity contribution >= 4 is 29.4 Å². The Balaban J connectivity index is 1.72. The van der Waals surface area contributed by atoms with Crippen molar-refractivity contribution < 1.29 is 33.8 Å². The third-order valence-corrected chi connectivity index (χ3v) is 7.31. The fourth-order valence-corrected chi connectivity index (χ4v) is 5.89. The number of allylic oxidation sites excluding steroid dienone is 6. The number of carbonyl (C=O) groups is 5. The molecule has 4 atom stereocenters. The predicted octanol–water partition coefficient (Wildman–Crippen LogP) is 1.91. The molecule has 9 heteroatoms. The Bertz CT molecular complexity index is 1300. The number of urea groups is 1. The summed E-state index contributed by atoms with van der Waals surface area (Å²) in [5.74, 6) is -4.55. The molecule has 0 bridgehead atoms. The largest absolute Gasteiger partial charge is 0.508 e. The van der Waals surface area contributed by atoms with Crippen molar-refractivity contribution in [2.45, 2.75) is 25.7 Å². The zero-order chi connectivity index (χ0) is 24.5. The van der Waals surface area contributed by atoms with E-state index in [0.717, 1.165) is 0 Å². The number of phenols is 1. The number of hydrogen-bond acceptors (Lipinski definition) is 7. The minimum absolute atomic E-state index is 0.0321. The van der Waals surface area contributed by atoms with Crippen LogP contribution in [0.5, 0.6) is 11.5 Å². The molecule has 0 saturated carbocycles. The minimum atomic E-state index is -1.12. The molecule has 9 nitrogen and oxygen atoms in total. The number of primary amides is 1. The lowest BCUT2D eigenvalue weighted by molar-refractivity contribution is -0.136. The fourth-order valence-electron chi connectivity index (χ4n) is 5.89. The topological polar surface area (TPSA) is 144 Å². The smallest absolute Gasteiger partial charge is 0.328 e. The predicted molar refractivity (Wildman–Crippen MR) is 117 cm³/mol. The second-order valence-corrected chi connectivity index (χ2v) is 9.01. The highest BCUT2D eigenvalue weighted by atomic mass is 16.5. The lowest BCUT2D eigenvalue weighted by atomic mass is 9.59. The minimum Gasteiger partial charge on any atom is -0.508 e. The number of imide groups is 3. The first kappa shape index (κ1) is 21.8. The van der Waals surface area contributed by atoms with Gasteiger partial charge in [0.15, 0.2) is 11.6 Å². The first-order valence-corrected chi connectivity index (χ1v) is 10.9.